The summed E-state index contributed by atoms with van der Waals surface area (Å²) < 4.78 is 39.2. The first-order valence-electron chi connectivity index (χ1n) is 9.08. The third-order valence-electron chi connectivity index (χ3n) is 3.96. The average molecular weight is 441 g/mol. The Kier molecular flexibility index (Phi) is 8.28. The molecule has 162 valence electrons. The normalized spacial score (nSPS) is 10.6. The number of benzene rings is 1. The summed E-state index contributed by atoms with van der Waals surface area (Å²) in [7, 11) is 0. The van der Waals surface area contributed by atoms with Gasteiger partial charge in [0, 0.05) is 4.88 Å². The number of ether oxygens (including phenoxy) is 3. The maximum atomic E-state index is 12.5. The van der Waals surface area contributed by atoms with E-state index >= 15 is 0 Å². The monoisotopic (exact) mass is 441 g/mol. The number of anilines is 1. The van der Waals surface area contributed by atoms with Gasteiger partial charge in [-0.25, -0.2) is 9.59 Å². The third-order valence-corrected chi connectivity index (χ3v) is 5.31. The number of hydrogen-bond acceptors (Lipinski definition) is 7. The van der Waals surface area contributed by atoms with Gasteiger partial charge in [-0.2, -0.15) is 8.78 Å². The number of esters is 2. The molecule has 1 heterocycles. The second-order valence-corrected chi connectivity index (χ2v) is 7.03. The molecule has 0 saturated carbocycles. The van der Waals surface area contributed by atoms with Gasteiger partial charge in [0.1, 0.15) is 16.3 Å². The molecule has 1 aromatic heterocycles. The molecule has 30 heavy (non-hydrogen) atoms. The Labute approximate surface area is 175 Å². The van der Waals surface area contributed by atoms with Gasteiger partial charge in [0.2, 0.25) is 0 Å². The lowest BCUT2D eigenvalue weighted by atomic mass is 10.1. The highest BCUT2D eigenvalue weighted by molar-refractivity contribution is 7.17. The van der Waals surface area contributed by atoms with Crippen molar-refractivity contribution in [1.29, 1.82) is 0 Å². The Balaban J connectivity index is 2.09. The molecule has 2 rings (SSSR count). The quantitative estimate of drug-likeness (QED) is 0.587. The fraction of sp³-hybridized carbons (Fsp3) is 0.350. The number of carbonyl (C=O) groups is 3. The minimum Gasteiger partial charge on any atom is -0.462 e. The fourth-order valence-electron chi connectivity index (χ4n) is 2.64. The van der Waals surface area contributed by atoms with Crippen LogP contribution < -0.4 is 10.1 Å². The number of alkyl halides is 2. The number of halogens is 2. The number of thiophene rings is 1. The van der Waals surface area contributed by atoms with E-state index in [0.717, 1.165) is 4.88 Å². The summed E-state index contributed by atoms with van der Waals surface area (Å²) in [6.07, 6.45) is 0.661. The molecule has 2 aromatic rings. The number of rotatable bonds is 9. The van der Waals surface area contributed by atoms with Gasteiger partial charge in [-0.05, 0) is 38.0 Å². The molecule has 0 aliphatic heterocycles. The highest BCUT2D eigenvalue weighted by Gasteiger charge is 2.24. The topological polar surface area (TPSA) is 90.9 Å². The van der Waals surface area contributed by atoms with E-state index in [4.69, 9.17) is 9.47 Å². The van der Waals surface area contributed by atoms with Gasteiger partial charge in [-0.3, -0.25) is 4.79 Å². The number of nitrogens with one attached hydrogen (secondary N) is 1. The van der Waals surface area contributed by atoms with Gasteiger partial charge in [-0.1, -0.05) is 19.1 Å². The Hall–Kier alpha value is -3.01. The number of aryl methyl sites for hydroxylation is 1. The lowest BCUT2D eigenvalue weighted by Gasteiger charge is -2.10. The first-order valence-corrected chi connectivity index (χ1v) is 9.90. The van der Waals surface area contributed by atoms with E-state index in [0.29, 0.717) is 17.0 Å². The summed E-state index contributed by atoms with van der Waals surface area (Å²) in [5.74, 6) is -2.60. The Morgan fingerprint density at radius 3 is 2.43 bits per heavy atom. The van der Waals surface area contributed by atoms with E-state index in [1.165, 1.54) is 35.6 Å². The summed E-state index contributed by atoms with van der Waals surface area (Å²) in [6.45, 7) is 1.74. The smallest absolute Gasteiger partial charge is 0.387 e. The van der Waals surface area contributed by atoms with Gasteiger partial charge >= 0.3 is 18.6 Å². The summed E-state index contributed by atoms with van der Waals surface area (Å²) in [5.41, 5.74) is 0.735. The van der Waals surface area contributed by atoms with Gasteiger partial charge in [0.05, 0.1) is 12.2 Å². The van der Waals surface area contributed by atoms with Crippen LogP contribution in [0.5, 0.6) is 5.75 Å². The Morgan fingerprint density at radius 2 is 1.80 bits per heavy atom. The van der Waals surface area contributed by atoms with E-state index in [1.54, 1.807) is 13.8 Å². The van der Waals surface area contributed by atoms with E-state index in [1.807, 2.05) is 6.92 Å². The number of amides is 1. The molecule has 0 radical (unpaired) electrons. The molecule has 7 nitrogen and oxygen atoms in total. The van der Waals surface area contributed by atoms with Gasteiger partial charge in [0.25, 0.3) is 5.91 Å². The fourth-order valence-corrected chi connectivity index (χ4v) is 3.79. The molecule has 0 aliphatic carbocycles. The molecule has 0 bridgehead atoms. The molecule has 0 unspecified atom stereocenters. The zero-order chi connectivity index (χ0) is 22.3. The van der Waals surface area contributed by atoms with Crippen LogP contribution in [0, 0.1) is 6.92 Å². The van der Waals surface area contributed by atoms with Crippen LogP contribution in [-0.2, 0) is 20.7 Å². The standard InChI is InChI=1S/C20H21F2NO6S/c1-4-14-11(3)16(19(26)27-5-2)17(30-14)23-15(24)10-28-18(25)12-8-6-7-9-13(12)29-20(21)22/h6-9,20H,4-5,10H2,1-3H3,(H,23,24). The van der Waals surface area contributed by atoms with E-state index in [2.05, 4.69) is 10.1 Å². The first kappa shape index (κ1) is 23.3. The molecule has 0 aliphatic rings. The van der Waals surface area contributed by atoms with Crippen LogP contribution in [-0.4, -0.2) is 37.7 Å². The zero-order valence-electron chi connectivity index (χ0n) is 16.6. The predicted octanol–water partition coefficient (Wildman–Crippen LogP) is 4.19. The summed E-state index contributed by atoms with van der Waals surface area (Å²) >= 11 is 1.23. The van der Waals surface area contributed by atoms with Crippen LogP contribution >= 0.6 is 11.3 Å². The third kappa shape index (κ3) is 5.76. The van der Waals surface area contributed by atoms with Crippen molar-refractivity contribution in [3.05, 3.63) is 45.8 Å². The molecular formula is C20H21F2NO6S. The molecule has 0 saturated heterocycles. The van der Waals surface area contributed by atoms with Crippen molar-refractivity contribution < 1.29 is 37.4 Å². The van der Waals surface area contributed by atoms with Crippen molar-refractivity contribution in [2.45, 2.75) is 33.8 Å². The van der Waals surface area contributed by atoms with Gasteiger partial charge in [0.15, 0.2) is 6.61 Å². The molecule has 1 N–H and O–H groups in total. The second-order valence-electron chi connectivity index (χ2n) is 5.93. The second kappa shape index (κ2) is 10.7. The number of para-hydroxylation sites is 1. The van der Waals surface area contributed by atoms with Crippen molar-refractivity contribution >= 4 is 34.2 Å². The summed E-state index contributed by atoms with van der Waals surface area (Å²) in [6, 6.07) is 5.30. The van der Waals surface area contributed by atoms with Crippen molar-refractivity contribution in [3.8, 4) is 5.75 Å². The minimum atomic E-state index is -3.11. The van der Waals surface area contributed by atoms with Gasteiger partial charge < -0.3 is 19.5 Å². The van der Waals surface area contributed by atoms with Crippen LogP contribution in [0.2, 0.25) is 0 Å². The van der Waals surface area contributed by atoms with Crippen LogP contribution in [0.3, 0.4) is 0 Å². The Bertz CT molecular complexity index is 928. The molecule has 0 atom stereocenters. The molecule has 0 spiro atoms. The van der Waals surface area contributed by atoms with Crippen LogP contribution in [0.25, 0.3) is 0 Å². The molecular weight excluding hydrogens is 420 g/mol. The SMILES string of the molecule is CCOC(=O)c1c(NC(=O)COC(=O)c2ccccc2OC(F)F)sc(CC)c1C. The Morgan fingerprint density at radius 1 is 1.10 bits per heavy atom. The van der Waals surface area contributed by atoms with Crippen LogP contribution in [0.15, 0.2) is 24.3 Å². The van der Waals surface area contributed by atoms with Crippen molar-refractivity contribution in [1.82, 2.24) is 0 Å². The average Bonchev–Trinajstić information content (AvgIpc) is 3.01. The van der Waals surface area contributed by atoms with Crippen LogP contribution in [0.4, 0.5) is 13.8 Å². The van der Waals surface area contributed by atoms with E-state index in [-0.39, 0.29) is 23.5 Å². The number of hydrogen-bond donors (Lipinski definition) is 1. The largest absolute Gasteiger partial charge is 0.462 e. The maximum Gasteiger partial charge on any atom is 0.387 e. The summed E-state index contributed by atoms with van der Waals surface area (Å²) in [4.78, 5) is 37.6. The molecule has 0 fully saturated rings. The van der Waals surface area contributed by atoms with Crippen molar-refractivity contribution in [2.75, 3.05) is 18.5 Å². The highest BCUT2D eigenvalue weighted by Crippen LogP contribution is 2.34. The minimum absolute atomic E-state index is 0.181. The highest BCUT2D eigenvalue weighted by atomic mass is 32.1. The van der Waals surface area contributed by atoms with Crippen molar-refractivity contribution in [2.24, 2.45) is 0 Å². The van der Waals surface area contributed by atoms with Gasteiger partial charge in [-0.15, -0.1) is 11.3 Å². The maximum absolute atomic E-state index is 12.5. The zero-order valence-corrected chi connectivity index (χ0v) is 17.4. The molecule has 10 heteroatoms. The lowest BCUT2D eigenvalue weighted by molar-refractivity contribution is -0.119. The first-order chi connectivity index (χ1) is 14.3. The number of carbonyl (C=O) groups excluding carboxylic acids is 3. The molecule has 1 amide bonds. The van der Waals surface area contributed by atoms with Crippen LogP contribution in [0.1, 0.15) is 45.0 Å². The molecule has 1 aromatic carbocycles. The predicted molar refractivity (Wildman–Crippen MR) is 106 cm³/mol. The summed E-state index contributed by atoms with van der Waals surface area (Å²) in [5, 5.41) is 2.85. The lowest BCUT2D eigenvalue weighted by Crippen LogP contribution is -2.22. The van der Waals surface area contributed by atoms with E-state index < -0.39 is 31.1 Å². The van der Waals surface area contributed by atoms with Crippen molar-refractivity contribution in [3.63, 3.8) is 0 Å². The van der Waals surface area contributed by atoms with E-state index in [9.17, 15) is 23.2 Å².